The zero-order chi connectivity index (χ0) is 10.4. The Morgan fingerprint density at radius 1 is 1.47 bits per heavy atom. The Labute approximate surface area is 93.4 Å². The fourth-order valence-electron chi connectivity index (χ4n) is 2.56. The second-order valence-electron chi connectivity index (χ2n) is 4.46. The van der Waals surface area contributed by atoms with Gasteiger partial charge in [0, 0.05) is 23.1 Å². The fraction of sp³-hybridized carbons (Fsp3) is 0.500. The van der Waals surface area contributed by atoms with Gasteiger partial charge in [0.25, 0.3) is 0 Å². The minimum Gasteiger partial charge on any atom is -0.306 e. The van der Waals surface area contributed by atoms with Crippen LogP contribution in [-0.2, 0) is 6.42 Å². The molecule has 0 spiro atoms. The van der Waals surface area contributed by atoms with Gasteiger partial charge in [-0.05, 0) is 36.6 Å². The van der Waals surface area contributed by atoms with E-state index in [0.29, 0.717) is 17.3 Å². The number of halogens is 1. The summed E-state index contributed by atoms with van der Waals surface area (Å²) in [7, 11) is 0. The van der Waals surface area contributed by atoms with Crippen LogP contribution in [0, 0.1) is 5.82 Å². The summed E-state index contributed by atoms with van der Waals surface area (Å²) in [6.07, 6.45) is 1.02. The van der Waals surface area contributed by atoms with Gasteiger partial charge in [0.15, 0.2) is 0 Å². The molecule has 1 fully saturated rings. The first kappa shape index (κ1) is 9.67. The van der Waals surface area contributed by atoms with E-state index < -0.39 is 0 Å². The highest BCUT2D eigenvalue weighted by atomic mass is 32.2. The zero-order valence-electron chi connectivity index (χ0n) is 8.66. The van der Waals surface area contributed by atoms with Crippen molar-refractivity contribution in [2.24, 2.45) is 0 Å². The SMILES string of the molecule is CC1CSC2Cc3cc(F)ccc3C2N1. The second kappa shape index (κ2) is 3.49. The molecule has 1 nitrogen and oxygen atoms in total. The summed E-state index contributed by atoms with van der Waals surface area (Å²) >= 11 is 2.02. The molecule has 1 saturated heterocycles. The monoisotopic (exact) mass is 223 g/mol. The Morgan fingerprint density at radius 2 is 2.33 bits per heavy atom. The molecule has 0 aromatic heterocycles. The quantitative estimate of drug-likeness (QED) is 0.725. The van der Waals surface area contributed by atoms with Gasteiger partial charge in [0.1, 0.15) is 5.82 Å². The van der Waals surface area contributed by atoms with E-state index in [1.54, 1.807) is 12.1 Å². The molecule has 3 heteroatoms. The van der Waals surface area contributed by atoms with Gasteiger partial charge in [0.2, 0.25) is 0 Å². The molecule has 1 N–H and O–H groups in total. The summed E-state index contributed by atoms with van der Waals surface area (Å²) in [6, 6.07) is 6.22. The third-order valence-electron chi connectivity index (χ3n) is 3.26. The number of fused-ring (bicyclic) bond motifs is 3. The van der Waals surface area contributed by atoms with E-state index >= 15 is 0 Å². The van der Waals surface area contributed by atoms with Crippen LogP contribution in [0.25, 0.3) is 0 Å². The number of rotatable bonds is 0. The molecule has 3 atom stereocenters. The van der Waals surface area contributed by atoms with Crippen molar-refractivity contribution >= 4 is 11.8 Å². The molecule has 3 rings (SSSR count). The lowest BCUT2D eigenvalue weighted by atomic mass is 10.1. The normalized spacial score (nSPS) is 33.6. The highest BCUT2D eigenvalue weighted by molar-refractivity contribution is 8.00. The van der Waals surface area contributed by atoms with E-state index in [-0.39, 0.29) is 5.82 Å². The molecule has 80 valence electrons. The Kier molecular flexibility index (Phi) is 2.25. The van der Waals surface area contributed by atoms with Crippen molar-refractivity contribution in [1.82, 2.24) is 5.32 Å². The smallest absolute Gasteiger partial charge is 0.123 e. The van der Waals surface area contributed by atoms with E-state index in [4.69, 9.17) is 0 Å². The highest BCUT2D eigenvalue weighted by Crippen LogP contribution is 2.41. The standard InChI is InChI=1S/C12H14FNS/c1-7-6-15-11-5-8-4-9(13)2-3-10(8)12(11)14-7/h2-4,7,11-12,14H,5-6H2,1H3. The van der Waals surface area contributed by atoms with E-state index in [9.17, 15) is 4.39 Å². The van der Waals surface area contributed by atoms with Crippen molar-refractivity contribution < 1.29 is 4.39 Å². The van der Waals surface area contributed by atoms with Crippen LogP contribution in [0.3, 0.4) is 0 Å². The van der Waals surface area contributed by atoms with Crippen LogP contribution in [0.5, 0.6) is 0 Å². The van der Waals surface area contributed by atoms with Gasteiger partial charge in [-0.2, -0.15) is 11.8 Å². The minimum absolute atomic E-state index is 0.106. The summed E-state index contributed by atoms with van der Waals surface area (Å²) in [5, 5.41) is 4.22. The average Bonchev–Trinajstić information content (AvgIpc) is 2.54. The molecule has 0 amide bonds. The average molecular weight is 223 g/mol. The molecule has 0 bridgehead atoms. The van der Waals surface area contributed by atoms with Crippen LogP contribution in [-0.4, -0.2) is 17.0 Å². The summed E-state index contributed by atoms with van der Waals surface area (Å²) in [6.45, 7) is 2.21. The second-order valence-corrected chi connectivity index (χ2v) is 5.74. The van der Waals surface area contributed by atoms with Crippen molar-refractivity contribution in [1.29, 1.82) is 0 Å². The highest BCUT2D eigenvalue weighted by Gasteiger charge is 2.36. The predicted octanol–water partition coefficient (Wildman–Crippen LogP) is 2.52. The van der Waals surface area contributed by atoms with Crippen LogP contribution in [0.15, 0.2) is 18.2 Å². The van der Waals surface area contributed by atoms with Crippen LogP contribution in [0.1, 0.15) is 24.1 Å². The van der Waals surface area contributed by atoms with Gasteiger partial charge >= 0.3 is 0 Å². The molecule has 1 aromatic rings. The van der Waals surface area contributed by atoms with Gasteiger partial charge in [-0.3, -0.25) is 0 Å². The lowest BCUT2D eigenvalue weighted by molar-refractivity contribution is 0.469. The molecule has 1 aliphatic heterocycles. The maximum atomic E-state index is 13.1. The van der Waals surface area contributed by atoms with E-state index in [0.717, 1.165) is 12.2 Å². The topological polar surface area (TPSA) is 12.0 Å². The van der Waals surface area contributed by atoms with Crippen molar-refractivity contribution in [3.63, 3.8) is 0 Å². The summed E-state index contributed by atoms with van der Waals surface area (Å²) < 4.78 is 13.1. The molecular formula is C12H14FNS. The summed E-state index contributed by atoms with van der Waals surface area (Å²) in [5.74, 6) is 1.06. The molecule has 15 heavy (non-hydrogen) atoms. The number of hydrogen-bond donors (Lipinski definition) is 1. The van der Waals surface area contributed by atoms with Gasteiger partial charge in [0.05, 0.1) is 0 Å². The molecule has 3 unspecified atom stereocenters. The first-order valence-electron chi connectivity index (χ1n) is 5.40. The number of hydrogen-bond acceptors (Lipinski definition) is 2. The van der Waals surface area contributed by atoms with Crippen LogP contribution < -0.4 is 5.32 Å². The number of nitrogens with one attached hydrogen (secondary N) is 1. The fourth-order valence-corrected chi connectivity index (χ4v) is 3.91. The first-order chi connectivity index (χ1) is 7.24. The maximum Gasteiger partial charge on any atom is 0.123 e. The van der Waals surface area contributed by atoms with Crippen LogP contribution in [0.4, 0.5) is 4.39 Å². The van der Waals surface area contributed by atoms with E-state index in [1.807, 2.05) is 17.8 Å². The van der Waals surface area contributed by atoms with Crippen LogP contribution in [0.2, 0.25) is 0 Å². The van der Waals surface area contributed by atoms with Gasteiger partial charge in [-0.15, -0.1) is 0 Å². The van der Waals surface area contributed by atoms with E-state index in [1.165, 1.54) is 11.1 Å². The maximum absolute atomic E-state index is 13.1. The Balaban J connectivity index is 1.97. The number of thioether (sulfide) groups is 1. The lowest BCUT2D eigenvalue weighted by Gasteiger charge is -2.31. The van der Waals surface area contributed by atoms with Gasteiger partial charge in [-0.25, -0.2) is 4.39 Å². The summed E-state index contributed by atoms with van der Waals surface area (Å²) in [5.41, 5.74) is 2.50. The molecule has 1 heterocycles. The molecular weight excluding hydrogens is 209 g/mol. The molecule has 1 aliphatic carbocycles. The minimum atomic E-state index is -0.106. The van der Waals surface area contributed by atoms with Crippen molar-refractivity contribution in [2.45, 2.75) is 30.7 Å². The zero-order valence-corrected chi connectivity index (χ0v) is 9.48. The molecule has 0 saturated carbocycles. The number of benzene rings is 1. The molecule has 1 aromatic carbocycles. The Morgan fingerprint density at radius 3 is 3.20 bits per heavy atom. The summed E-state index contributed by atoms with van der Waals surface area (Å²) in [4.78, 5) is 0. The first-order valence-corrected chi connectivity index (χ1v) is 6.45. The van der Waals surface area contributed by atoms with Crippen molar-refractivity contribution in [3.05, 3.63) is 35.1 Å². The van der Waals surface area contributed by atoms with E-state index in [2.05, 4.69) is 12.2 Å². The molecule has 2 aliphatic rings. The lowest BCUT2D eigenvalue weighted by Crippen LogP contribution is -2.40. The van der Waals surface area contributed by atoms with Gasteiger partial charge < -0.3 is 5.32 Å². The third-order valence-corrected chi connectivity index (χ3v) is 4.82. The Hall–Kier alpha value is -0.540. The largest absolute Gasteiger partial charge is 0.306 e. The van der Waals surface area contributed by atoms with Crippen molar-refractivity contribution in [3.8, 4) is 0 Å². The third kappa shape index (κ3) is 1.58. The van der Waals surface area contributed by atoms with Gasteiger partial charge in [-0.1, -0.05) is 6.07 Å². The Bertz CT molecular complexity index is 393. The predicted molar refractivity (Wildman–Crippen MR) is 61.7 cm³/mol. The van der Waals surface area contributed by atoms with Crippen LogP contribution >= 0.6 is 11.8 Å². The van der Waals surface area contributed by atoms with Crippen molar-refractivity contribution in [2.75, 3.05) is 5.75 Å². The molecule has 0 radical (unpaired) electrons.